The van der Waals surface area contributed by atoms with Crippen LogP contribution in [0.4, 0.5) is 5.69 Å². The first-order chi connectivity index (χ1) is 17.0. The molecular formula is C28H26N2O4S. The summed E-state index contributed by atoms with van der Waals surface area (Å²) in [4.78, 5) is 13.3. The van der Waals surface area contributed by atoms with Gasteiger partial charge in [0.15, 0.2) is 0 Å². The van der Waals surface area contributed by atoms with Gasteiger partial charge in [-0.05, 0) is 53.9 Å². The molecule has 1 amide bonds. The zero-order valence-electron chi connectivity index (χ0n) is 19.0. The number of anilines is 1. The Bertz CT molecular complexity index is 1330. The lowest BCUT2D eigenvalue weighted by Gasteiger charge is -2.19. The molecule has 0 aliphatic heterocycles. The molecule has 4 aromatic rings. The van der Waals surface area contributed by atoms with Gasteiger partial charge in [0.1, 0.15) is 18.4 Å². The fourth-order valence-corrected chi connectivity index (χ4v) is 4.71. The molecular weight excluding hydrogens is 460 g/mol. The van der Waals surface area contributed by atoms with Crippen LogP contribution < -0.4 is 14.8 Å². The number of nitrogens with one attached hydrogen (secondary N) is 2. The van der Waals surface area contributed by atoms with Crippen LogP contribution in [0.15, 0.2) is 120 Å². The molecule has 0 saturated heterocycles. The Balaban J connectivity index is 1.45. The molecule has 0 heterocycles. The number of rotatable bonds is 10. The van der Waals surface area contributed by atoms with Gasteiger partial charge in [-0.15, -0.1) is 0 Å². The van der Waals surface area contributed by atoms with Crippen molar-refractivity contribution in [1.29, 1.82) is 0 Å². The molecule has 0 saturated carbocycles. The van der Waals surface area contributed by atoms with E-state index in [1.807, 2.05) is 60.7 Å². The quantitative estimate of drug-likeness (QED) is 0.337. The summed E-state index contributed by atoms with van der Waals surface area (Å²) in [6, 6.07) is 33.1. The predicted octanol–water partition coefficient (Wildman–Crippen LogP) is 4.79. The Morgan fingerprint density at radius 2 is 1.26 bits per heavy atom. The lowest BCUT2D eigenvalue weighted by Crippen LogP contribution is -2.45. The number of amides is 1. The summed E-state index contributed by atoms with van der Waals surface area (Å²) in [5.41, 5.74) is 2.44. The molecule has 7 heteroatoms. The normalized spacial score (nSPS) is 12.0. The van der Waals surface area contributed by atoms with Crippen molar-refractivity contribution in [2.75, 3.05) is 5.32 Å². The standard InChI is InChI=1S/C28H26N2O4S/c31-28(29-24-16-18-25(19-17-24)34-21-23-12-6-2-7-13-23)27(20-22-10-4-1-5-11-22)30-35(32,33)26-14-8-3-9-15-26/h1-19,27,30H,20-21H2,(H,29,31)/t27-/m1/s1. The van der Waals surface area contributed by atoms with E-state index >= 15 is 0 Å². The molecule has 4 aromatic carbocycles. The van der Waals surface area contributed by atoms with Crippen molar-refractivity contribution in [3.05, 3.63) is 126 Å². The van der Waals surface area contributed by atoms with Crippen LogP contribution in [0.2, 0.25) is 0 Å². The summed E-state index contributed by atoms with van der Waals surface area (Å²) >= 11 is 0. The van der Waals surface area contributed by atoms with E-state index in [0.717, 1.165) is 11.1 Å². The Hall–Kier alpha value is -3.94. The smallest absolute Gasteiger partial charge is 0.242 e. The Morgan fingerprint density at radius 3 is 1.86 bits per heavy atom. The molecule has 178 valence electrons. The highest BCUT2D eigenvalue weighted by Crippen LogP contribution is 2.18. The van der Waals surface area contributed by atoms with Crippen molar-refractivity contribution in [1.82, 2.24) is 4.72 Å². The number of carbonyl (C=O) groups is 1. The second-order valence-electron chi connectivity index (χ2n) is 7.96. The van der Waals surface area contributed by atoms with E-state index in [-0.39, 0.29) is 11.3 Å². The number of hydrogen-bond acceptors (Lipinski definition) is 4. The lowest BCUT2D eigenvalue weighted by atomic mass is 10.1. The summed E-state index contributed by atoms with van der Waals surface area (Å²) in [6.07, 6.45) is 0.205. The molecule has 0 fully saturated rings. The lowest BCUT2D eigenvalue weighted by molar-refractivity contribution is -0.117. The van der Waals surface area contributed by atoms with Crippen molar-refractivity contribution < 1.29 is 17.9 Å². The monoisotopic (exact) mass is 486 g/mol. The van der Waals surface area contributed by atoms with Gasteiger partial charge in [0, 0.05) is 5.69 Å². The maximum absolute atomic E-state index is 13.2. The van der Waals surface area contributed by atoms with E-state index in [0.29, 0.717) is 18.0 Å². The van der Waals surface area contributed by atoms with Gasteiger partial charge >= 0.3 is 0 Å². The van der Waals surface area contributed by atoms with Crippen molar-refractivity contribution >= 4 is 21.6 Å². The molecule has 0 bridgehead atoms. The van der Waals surface area contributed by atoms with Crippen LogP contribution in [-0.4, -0.2) is 20.4 Å². The molecule has 35 heavy (non-hydrogen) atoms. The van der Waals surface area contributed by atoms with Crippen molar-refractivity contribution in [2.45, 2.75) is 24.0 Å². The van der Waals surface area contributed by atoms with Crippen molar-refractivity contribution in [2.24, 2.45) is 0 Å². The van der Waals surface area contributed by atoms with Gasteiger partial charge in [-0.3, -0.25) is 4.79 Å². The van der Waals surface area contributed by atoms with Gasteiger partial charge in [-0.1, -0.05) is 78.9 Å². The first-order valence-electron chi connectivity index (χ1n) is 11.2. The average molecular weight is 487 g/mol. The first kappa shape index (κ1) is 24.2. The summed E-state index contributed by atoms with van der Waals surface area (Å²) in [6.45, 7) is 0.437. The molecule has 0 spiro atoms. The summed E-state index contributed by atoms with van der Waals surface area (Å²) in [5, 5.41) is 2.82. The highest BCUT2D eigenvalue weighted by molar-refractivity contribution is 7.89. The largest absolute Gasteiger partial charge is 0.489 e. The second-order valence-corrected chi connectivity index (χ2v) is 9.68. The third-order valence-electron chi connectivity index (χ3n) is 5.32. The van der Waals surface area contributed by atoms with Gasteiger partial charge in [-0.25, -0.2) is 8.42 Å². The minimum atomic E-state index is -3.89. The third-order valence-corrected chi connectivity index (χ3v) is 6.81. The molecule has 6 nitrogen and oxygen atoms in total. The summed E-state index contributed by atoms with van der Waals surface area (Å²) in [7, 11) is -3.89. The predicted molar refractivity (Wildman–Crippen MR) is 137 cm³/mol. The Kier molecular flexibility index (Phi) is 7.92. The molecule has 4 rings (SSSR count). The zero-order valence-corrected chi connectivity index (χ0v) is 19.8. The minimum Gasteiger partial charge on any atom is -0.489 e. The molecule has 0 radical (unpaired) electrons. The fraction of sp³-hybridized carbons (Fsp3) is 0.107. The molecule has 0 aliphatic rings. The van der Waals surface area contributed by atoms with E-state index in [4.69, 9.17) is 4.74 Å². The topological polar surface area (TPSA) is 84.5 Å². The average Bonchev–Trinajstić information content (AvgIpc) is 2.89. The van der Waals surface area contributed by atoms with Crippen LogP contribution in [0.5, 0.6) is 5.75 Å². The van der Waals surface area contributed by atoms with Crippen LogP contribution in [-0.2, 0) is 27.8 Å². The fourth-order valence-electron chi connectivity index (χ4n) is 3.50. The summed E-state index contributed by atoms with van der Waals surface area (Å²) in [5.74, 6) is 0.212. The second kappa shape index (κ2) is 11.5. The molecule has 0 aromatic heterocycles. The van der Waals surface area contributed by atoms with Crippen LogP contribution in [0.25, 0.3) is 0 Å². The van der Waals surface area contributed by atoms with E-state index in [1.54, 1.807) is 42.5 Å². The van der Waals surface area contributed by atoms with E-state index < -0.39 is 22.0 Å². The number of sulfonamides is 1. The van der Waals surface area contributed by atoms with Gasteiger partial charge in [0.2, 0.25) is 15.9 Å². The van der Waals surface area contributed by atoms with Gasteiger partial charge in [-0.2, -0.15) is 4.72 Å². The SMILES string of the molecule is O=C(Nc1ccc(OCc2ccccc2)cc1)[C@@H](Cc1ccccc1)NS(=O)(=O)c1ccccc1. The maximum atomic E-state index is 13.2. The number of carbonyl (C=O) groups excluding carboxylic acids is 1. The van der Waals surface area contributed by atoms with Gasteiger partial charge in [0.25, 0.3) is 0 Å². The van der Waals surface area contributed by atoms with Crippen LogP contribution >= 0.6 is 0 Å². The molecule has 0 aliphatic carbocycles. The van der Waals surface area contributed by atoms with Gasteiger partial charge in [0.05, 0.1) is 4.90 Å². The maximum Gasteiger partial charge on any atom is 0.242 e. The molecule has 2 N–H and O–H groups in total. The summed E-state index contributed by atoms with van der Waals surface area (Å²) < 4.78 is 34.2. The van der Waals surface area contributed by atoms with Crippen LogP contribution in [0.1, 0.15) is 11.1 Å². The van der Waals surface area contributed by atoms with Crippen LogP contribution in [0, 0.1) is 0 Å². The van der Waals surface area contributed by atoms with E-state index in [1.165, 1.54) is 12.1 Å². The highest BCUT2D eigenvalue weighted by atomic mass is 32.2. The third kappa shape index (κ3) is 7.02. The minimum absolute atomic E-state index is 0.103. The zero-order chi connectivity index (χ0) is 24.5. The van der Waals surface area contributed by atoms with Crippen molar-refractivity contribution in [3.8, 4) is 5.75 Å². The first-order valence-corrected chi connectivity index (χ1v) is 12.7. The molecule has 1 atom stereocenters. The number of hydrogen-bond donors (Lipinski definition) is 2. The van der Waals surface area contributed by atoms with Crippen LogP contribution in [0.3, 0.4) is 0 Å². The van der Waals surface area contributed by atoms with Gasteiger partial charge < -0.3 is 10.1 Å². The Morgan fingerprint density at radius 1 is 0.714 bits per heavy atom. The molecule has 0 unspecified atom stereocenters. The van der Waals surface area contributed by atoms with E-state index in [2.05, 4.69) is 10.0 Å². The Labute approximate surface area is 205 Å². The highest BCUT2D eigenvalue weighted by Gasteiger charge is 2.26. The number of benzene rings is 4. The van der Waals surface area contributed by atoms with E-state index in [9.17, 15) is 13.2 Å². The number of ether oxygens (including phenoxy) is 1. The van der Waals surface area contributed by atoms with Crippen molar-refractivity contribution in [3.63, 3.8) is 0 Å².